The standard InChI is InChI=1S/C12H17ClFN/c1-8(2)10(7-15)5-9-6-11(14)3-4-12(9)13/h3-4,6,8,10H,5,7,15H2,1-2H3. The first-order valence-corrected chi connectivity index (χ1v) is 5.56. The fraction of sp³-hybridized carbons (Fsp3) is 0.500. The van der Waals surface area contributed by atoms with Crippen LogP contribution in [-0.4, -0.2) is 6.54 Å². The Hall–Kier alpha value is -0.600. The molecule has 1 unspecified atom stereocenters. The topological polar surface area (TPSA) is 26.0 Å². The minimum atomic E-state index is -0.242. The Balaban J connectivity index is 2.82. The van der Waals surface area contributed by atoms with Crippen molar-refractivity contribution in [1.82, 2.24) is 0 Å². The van der Waals surface area contributed by atoms with Crippen LogP contribution in [-0.2, 0) is 6.42 Å². The van der Waals surface area contributed by atoms with Crippen molar-refractivity contribution >= 4 is 11.6 Å². The maximum absolute atomic E-state index is 13.0. The van der Waals surface area contributed by atoms with Crippen molar-refractivity contribution in [3.8, 4) is 0 Å². The van der Waals surface area contributed by atoms with Gasteiger partial charge in [-0.15, -0.1) is 0 Å². The molecule has 0 aliphatic carbocycles. The fourth-order valence-corrected chi connectivity index (χ4v) is 1.77. The Morgan fingerprint density at radius 3 is 2.60 bits per heavy atom. The molecule has 0 aliphatic rings. The van der Waals surface area contributed by atoms with Gasteiger partial charge in [0.05, 0.1) is 0 Å². The highest BCUT2D eigenvalue weighted by Gasteiger charge is 2.14. The highest BCUT2D eigenvalue weighted by Crippen LogP contribution is 2.23. The predicted octanol–water partition coefficient (Wildman–Crippen LogP) is 3.25. The molecular weight excluding hydrogens is 213 g/mol. The third-order valence-electron chi connectivity index (χ3n) is 2.74. The van der Waals surface area contributed by atoms with E-state index in [0.717, 1.165) is 12.0 Å². The smallest absolute Gasteiger partial charge is 0.123 e. The van der Waals surface area contributed by atoms with Crippen molar-refractivity contribution in [2.24, 2.45) is 17.6 Å². The summed E-state index contributed by atoms with van der Waals surface area (Å²) in [5.74, 6) is 0.590. The lowest BCUT2D eigenvalue weighted by Gasteiger charge is -2.19. The van der Waals surface area contributed by atoms with E-state index >= 15 is 0 Å². The van der Waals surface area contributed by atoms with Crippen LogP contribution in [0, 0.1) is 17.7 Å². The Morgan fingerprint density at radius 1 is 1.40 bits per heavy atom. The fourth-order valence-electron chi connectivity index (χ4n) is 1.57. The van der Waals surface area contributed by atoms with E-state index in [1.165, 1.54) is 12.1 Å². The highest BCUT2D eigenvalue weighted by atomic mass is 35.5. The Morgan fingerprint density at radius 2 is 2.07 bits per heavy atom. The van der Waals surface area contributed by atoms with Gasteiger partial charge >= 0.3 is 0 Å². The van der Waals surface area contributed by atoms with Gasteiger partial charge in [0, 0.05) is 5.02 Å². The van der Waals surface area contributed by atoms with E-state index in [4.69, 9.17) is 17.3 Å². The molecule has 0 radical (unpaired) electrons. The summed E-state index contributed by atoms with van der Waals surface area (Å²) in [4.78, 5) is 0. The van der Waals surface area contributed by atoms with E-state index in [-0.39, 0.29) is 5.82 Å². The van der Waals surface area contributed by atoms with E-state index in [1.807, 2.05) is 0 Å². The first-order valence-electron chi connectivity index (χ1n) is 5.18. The van der Waals surface area contributed by atoms with Gasteiger partial charge in [0.15, 0.2) is 0 Å². The molecule has 0 fully saturated rings. The van der Waals surface area contributed by atoms with Gasteiger partial charge in [0.1, 0.15) is 5.82 Å². The van der Waals surface area contributed by atoms with Gasteiger partial charge < -0.3 is 5.73 Å². The molecule has 1 atom stereocenters. The molecule has 1 aromatic rings. The number of hydrogen-bond acceptors (Lipinski definition) is 1. The molecule has 0 bridgehead atoms. The van der Waals surface area contributed by atoms with Crippen molar-refractivity contribution in [2.45, 2.75) is 20.3 Å². The summed E-state index contributed by atoms with van der Waals surface area (Å²) in [6.45, 7) is 4.83. The van der Waals surface area contributed by atoms with E-state index < -0.39 is 0 Å². The molecule has 0 aliphatic heterocycles. The first-order chi connectivity index (χ1) is 7.04. The second kappa shape index (κ2) is 5.47. The van der Waals surface area contributed by atoms with E-state index in [9.17, 15) is 4.39 Å². The lowest BCUT2D eigenvalue weighted by atomic mass is 9.89. The number of halogens is 2. The molecule has 1 nitrogen and oxygen atoms in total. The summed E-state index contributed by atoms with van der Waals surface area (Å²) in [7, 11) is 0. The van der Waals surface area contributed by atoms with Crippen LogP contribution in [0.4, 0.5) is 4.39 Å². The van der Waals surface area contributed by atoms with Crippen LogP contribution < -0.4 is 5.73 Å². The third-order valence-corrected chi connectivity index (χ3v) is 3.10. The number of hydrogen-bond donors (Lipinski definition) is 1. The molecule has 0 spiro atoms. The molecule has 0 saturated heterocycles. The van der Waals surface area contributed by atoms with Gasteiger partial charge in [-0.3, -0.25) is 0 Å². The zero-order valence-electron chi connectivity index (χ0n) is 9.13. The molecular formula is C12H17ClFN. The normalized spacial score (nSPS) is 13.2. The van der Waals surface area contributed by atoms with Crippen molar-refractivity contribution in [1.29, 1.82) is 0 Å². The van der Waals surface area contributed by atoms with Crippen molar-refractivity contribution < 1.29 is 4.39 Å². The molecule has 15 heavy (non-hydrogen) atoms. The van der Waals surface area contributed by atoms with Crippen LogP contribution in [0.3, 0.4) is 0 Å². The van der Waals surface area contributed by atoms with Gasteiger partial charge in [-0.2, -0.15) is 0 Å². The summed E-state index contributed by atoms with van der Waals surface area (Å²) >= 11 is 5.99. The van der Waals surface area contributed by atoms with Gasteiger partial charge in [-0.1, -0.05) is 25.4 Å². The van der Waals surface area contributed by atoms with Crippen molar-refractivity contribution in [3.05, 3.63) is 34.6 Å². The van der Waals surface area contributed by atoms with Crippen LogP contribution in [0.15, 0.2) is 18.2 Å². The summed E-state index contributed by atoms with van der Waals surface area (Å²) in [6, 6.07) is 4.46. The first kappa shape index (κ1) is 12.5. The minimum Gasteiger partial charge on any atom is -0.330 e. The second-order valence-corrected chi connectivity index (χ2v) is 4.59. The van der Waals surface area contributed by atoms with Crippen LogP contribution in [0.5, 0.6) is 0 Å². The van der Waals surface area contributed by atoms with E-state index in [1.54, 1.807) is 6.07 Å². The second-order valence-electron chi connectivity index (χ2n) is 4.18. The van der Waals surface area contributed by atoms with Gasteiger partial charge in [-0.05, 0) is 48.6 Å². The maximum Gasteiger partial charge on any atom is 0.123 e. The van der Waals surface area contributed by atoms with Gasteiger partial charge in [0.25, 0.3) is 0 Å². The van der Waals surface area contributed by atoms with E-state index in [2.05, 4.69) is 13.8 Å². The SMILES string of the molecule is CC(C)C(CN)Cc1cc(F)ccc1Cl. The summed E-state index contributed by atoms with van der Waals surface area (Å²) < 4.78 is 13.0. The lowest BCUT2D eigenvalue weighted by Crippen LogP contribution is -2.22. The maximum atomic E-state index is 13.0. The number of benzene rings is 1. The molecule has 0 heterocycles. The minimum absolute atomic E-state index is 0.242. The molecule has 2 N–H and O–H groups in total. The Kier molecular flexibility index (Phi) is 4.55. The summed E-state index contributed by atoms with van der Waals surface area (Å²) in [5, 5.41) is 0.621. The monoisotopic (exact) mass is 229 g/mol. The molecule has 0 amide bonds. The van der Waals surface area contributed by atoms with Crippen LogP contribution >= 0.6 is 11.6 Å². The molecule has 0 aromatic heterocycles. The highest BCUT2D eigenvalue weighted by molar-refractivity contribution is 6.31. The van der Waals surface area contributed by atoms with Crippen LogP contribution in [0.2, 0.25) is 5.02 Å². The quantitative estimate of drug-likeness (QED) is 0.843. The zero-order valence-corrected chi connectivity index (χ0v) is 9.89. The molecule has 84 valence electrons. The molecule has 0 saturated carbocycles. The average molecular weight is 230 g/mol. The predicted molar refractivity (Wildman–Crippen MR) is 62.5 cm³/mol. The molecule has 3 heteroatoms. The number of rotatable bonds is 4. The average Bonchev–Trinajstić information content (AvgIpc) is 2.18. The Bertz CT molecular complexity index is 325. The molecule has 1 rings (SSSR count). The lowest BCUT2D eigenvalue weighted by molar-refractivity contribution is 0.391. The number of nitrogens with two attached hydrogens (primary N) is 1. The molecule has 1 aromatic carbocycles. The van der Waals surface area contributed by atoms with Gasteiger partial charge in [0.2, 0.25) is 0 Å². The van der Waals surface area contributed by atoms with E-state index in [0.29, 0.717) is 23.4 Å². The van der Waals surface area contributed by atoms with Gasteiger partial charge in [-0.25, -0.2) is 4.39 Å². The summed E-state index contributed by atoms with van der Waals surface area (Å²) in [6.07, 6.45) is 0.741. The van der Waals surface area contributed by atoms with Crippen LogP contribution in [0.1, 0.15) is 19.4 Å². The summed E-state index contributed by atoms with van der Waals surface area (Å²) in [5.41, 5.74) is 6.52. The Labute approximate surface area is 95.4 Å². The van der Waals surface area contributed by atoms with Crippen molar-refractivity contribution in [3.63, 3.8) is 0 Å². The van der Waals surface area contributed by atoms with Crippen molar-refractivity contribution in [2.75, 3.05) is 6.54 Å². The third kappa shape index (κ3) is 3.47. The van der Waals surface area contributed by atoms with Crippen LogP contribution in [0.25, 0.3) is 0 Å². The largest absolute Gasteiger partial charge is 0.330 e. The zero-order chi connectivity index (χ0) is 11.4.